The number of carbonyl (C=O) groups excluding carboxylic acids is 2. The van der Waals surface area contributed by atoms with Crippen LogP contribution in [-0.4, -0.2) is 25.2 Å². The number of methoxy groups -OCH3 is 1. The third-order valence-electron chi connectivity index (χ3n) is 4.28. The van der Waals surface area contributed by atoms with Crippen molar-refractivity contribution in [3.05, 3.63) is 75.4 Å². The number of halogens is 1. The molecule has 2 aromatic rings. The summed E-state index contributed by atoms with van der Waals surface area (Å²) >= 11 is 4.99. The highest BCUT2D eigenvalue weighted by Gasteiger charge is 2.37. The number of benzene rings is 2. The number of nitrogens with zero attached hydrogens (tertiary/aromatic N) is 1. The molecule has 1 aliphatic heterocycles. The van der Waals surface area contributed by atoms with E-state index in [9.17, 15) is 9.59 Å². The summed E-state index contributed by atoms with van der Waals surface area (Å²) in [4.78, 5) is 28.2. The first-order valence-electron chi connectivity index (χ1n) is 8.21. The number of ether oxygens (including phenoxy) is 1. The first-order valence-corrected chi connectivity index (χ1v) is 10.2. The van der Waals surface area contributed by atoms with Crippen LogP contribution < -0.4 is 4.90 Å². The van der Waals surface area contributed by atoms with Gasteiger partial charge in [0.25, 0.3) is 5.91 Å². The third kappa shape index (κ3) is 3.87. The molecule has 0 unspecified atom stereocenters. The predicted octanol–water partition coefficient (Wildman–Crippen LogP) is 5.05. The van der Waals surface area contributed by atoms with Gasteiger partial charge in [0.05, 0.1) is 23.9 Å². The van der Waals surface area contributed by atoms with Gasteiger partial charge >= 0.3 is 5.97 Å². The number of hydrogen-bond acceptors (Lipinski definition) is 4. The third-order valence-corrected chi connectivity index (χ3v) is 5.54. The van der Waals surface area contributed by atoms with Crippen LogP contribution in [0.4, 0.5) is 5.69 Å². The van der Waals surface area contributed by atoms with E-state index in [1.165, 1.54) is 7.11 Å². The van der Waals surface area contributed by atoms with Gasteiger partial charge in [-0.3, -0.25) is 9.69 Å². The Labute approximate surface area is 171 Å². The number of carbonyl (C=O) groups is 2. The maximum absolute atomic E-state index is 13.2. The SMILES string of the molecule is COC(=O)C1=C(C)N(c2cccc(SC)c2)C(=O)/C1=C\c1ccc(Br)cc1. The zero-order valence-electron chi connectivity index (χ0n) is 15.2. The molecule has 0 fully saturated rings. The lowest BCUT2D eigenvalue weighted by Crippen LogP contribution is -2.24. The average Bonchev–Trinajstić information content (AvgIpc) is 2.92. The van der Waals surface area contributed by atoms with Gasteiger partial charge in [0.15, 0.2) is 0 Å². The van der Waals surface area contributed by atoms with E-state index in [-0.39, 0.29) is 5.91 Å². The Morgan fingerprint density at radius 1 is 1.19 bits per heavy atom. The Kier molecular flexibility index (Phi) is 5.87. The lowest BCUT2D eigenvalue weighted by Gasteiger charge is -2.18. The van der Waals surface area contributed by atoms with Crippen LogP contribution in [0.25, 0.3) is 6.08 Å². The second-order valence-electron chi connectivity index (χ2n) is 5.90. The van der Waals surface area contributed by atoms with E-state index in [1.54, 1.807) is 29.7 Å². The average molecular weight is 444 g/mol. The number of hydrogen-bond donors (Lipinski definition) is 0. The summed E-state index contributed by atoms with van der Waals surface area (Å²) in [5, 5.41) is 0. The Balaban J connectivity index is 2.12. The van der Waals surface area contributed by atoms with Gasteiger partial charge in [-0.25, -0.2) is 4.79 Å². The molecule has 1 heterocycles. The molecule has 0 aliphatic carbocycles. The monoisotopic (exact) mass is 443 g/mol. The molecule has 3 rings (SSSR count). The van der Waals surface area contributed by atoms with Gasteiger partial charge in [0, 0.05) is 15.1 Å². The quantitative estimate of drug-likeness (QED) is 0.376. The van der Waals surface area contributed by atoms with E-state index in [0.717, 1.165) is 20.6 Å². The van der Waals surface area contributed by atoms with Gasteiger partial charge in [-0.05, 0) is 55.2 Å². The second-order valence-corrected chi connectivity index (χ2v) is 7.70. The predicted molar refractivity (Wildman–Crippen MR) is 113 cm³/mol. The van der Waals surface area contributed by atoms with Crippen LogP contribution in [0.3, 0.4) is 0 Å². The molecule has 4 nitrogen and oxygen atoms in total. The second kappa shape index (κ2) is 8.15. The molecule has 1 amide bonds. The minimum absolute atomic E-state index is 0.242. The minimum atomic E-state index is -0.521. The van der Waals surface area contributed by atoms with Crippen molar-refractivity contribution < 1.29 is 14.3 Å². The number of allylic oxidation sites excluding steroid dienone is 1. The molecular formula is C21H18BrNO3S. The van der Waals surface area contributed by atoms with Gasteiger partial charge in [-0.2, -0.15) is 0 Å². The summed E-state index contributed by atoms with van der Waals surface area (Å²) in [7, 11) is 1.32. The number of anilines is 1. The van der Waals surface area contributed by atoms with Crippen LogP contribution in [0, 0.1) is 0 Å². The summed E-state index contributed by atoms with van der Waals surface area (Å²) in [6.45, 7) is 1.76. The van der Waals surface area contributed by atoms with Crippen LogP contribution in [0.15, 0.2) is 74.7 Å². The van der Waals surface area contributed by atoms with Crippen molar-refractivity contribution in [2.45, 2.75) is 11.8 Å². The van der Waals surface area contributed by atoms with Crippen LogP contribution in [0.1, 0.15) is 12.5 Å². The van der Waals surface area contributed by atoms with E-state index < -0.39 is 5.97 Å². The van der Waals surface area contributed by atoms with E-state index in [4.69, 9.17) is 4.74 Å². The summed E-state index contributed by atoms with van der Waals surface area (Å²) in [6.07, 6.45) is 3.70. The topological polar surface area (TPSA) is 46.6 Å². The van der Waals surface area contributed by atoms with Crippen molar-refractivity contribution in [1.29, 1.82) is 0 Å². The molecule has 0 aromatic heterocycles. The fourth-order valence-electron chi connectivity index (χ4n) is 2.97. The highest BCUT2D eigenvalue weighted by atomic mass is 79.9. The highest BCUT2D eigenvalue weighted by Crippen LogP contribution is 2.36. The molecule has 0 saturated heterocycles. The van der Waals surface area contributed by atoms with Crippen molar-refractivity contribution in [1.82, 2.24) is 0 Å². The van der Waals surface area contributed by atoms with Crippen LogP contribution in [-0.2, 0) is 14.3 Å². The van der Waals surface area contributed by atoms with Crippen molar-refractivity contribution in [2.75, 3.05) is 18.3 Å². The zero-order chi connectivity index (χ0) is 19.6. The molecule has 2 aromatic carbocycles. The summed E-state index contributed by atoms with van der Waals surface area (Å²) in [5.41, 5.74) is 2.74. The molecule has 27 heavy (non-hydrogen) atoms. The fourth-order valence-corrected chi connectivity index (χ4v) is 3.68. The maximum Gasteiger partial charge on any atom is 0.340 e. The largest absolute Gasteiger partial charge is 0.465 e. The molecular weight excluding hydrogens is 426 g/mol. The molecule has 138 valence electrons. The molecule has 0 radical (unpaired) electrons. The summed E-state index contributed by atoms with van der Waals surface area (Å²) in [5.74, 6) is -0.762. The van der Waals surface area contributed by atoms with Crippen molar-refractivity contribution in [3.63, 3.8) is 0 Å². The molecule has 0 bridgehead atoms. The lowest BCUT2D eigenvalue weighted by atomic mass is 10.0. The van der Waals surface area contributed by atoms with Gasteiger partial charge in [0.1, 0.15) is 0 Å². The van der Waals surface area contributed by atoms with Crippen molar-refractivity contribution in [2.24, 2.45) is 0 Å². The minimum Gasteiger partial charge on any atom is -0.465 e. The molecule has 0 N–H and O–H groups in total. The van der Waals surface area contributed by atoms with Crippen LogP contribution >= 0.6 is 27.7 Å². The Bertz CT molecular complexity index is 964. The fraction of sp³-hybridized carbons (Fsp3) is 0.143. The highest BCUT2D eigenvalue weighted by molar-refractivity contribution is 9.10. The number of amides is 1. The van der Waals surface area contributed by atoms with Crippen molar-refractivity contribution in [3.8, 4) is 0 Å². The van der Waals surface area contributed by atoms with E-state index >= 15 is 0 Å². The molecule has 0 spiro atoms. The van der Waals surface area contributed by atoms with Crippen LogP contribution in [0.5, 0.6) is 0 Å². The molecule has 6 heteroatoms. The normalized spacial score (nSPS) is 15.6. The van der Waals surface area contributed by atoms with Crippen molar-refractivity contribution >= 4 is 51.3 Å². The summed E-state index contributed by atoms with van der Waals surface area (Å²) < 4.78 is 5.88. The first kappa shape index (κ1) is 19.5. The molecule has 1 aliphatic rings. The maximum atomic E-state index is 13.2. The smallest absolute Gasteiger partial charge is 0.340 e. The van der Waals surface area contributed by atoms with E-state index in [1.807, 2.05) is 54.8 Å². The van der Waals surface area contributed by atoms with E-state index in [2.05, 4.69) is 15.9 Å². The lowest BCUT2D eigenvalue weighted by molar-refractivity contribution is -0.136. The van der Waals surface area contributed by atoms with Gasteiger partial charge in [0.2, 0.25) is 0 Å². The van der Waals surface area contributed by atoms with Gasteiger partial charge in [-0.1, -0.05) is 34.1 Å². The Morgan fingerprint density at radius 2 is 1.89 bits per heavy atom. The molecule has 0 atom stereocenters. The standard InChI is InChI=1S/C21H18BrNO3S/c1-13-19(21(25)26-2)18(11-14-7-9-15(22)10-8-14)20(24)23(13)16-5-4-6-17(12-16)27-3/h4-12H,1-3H3/b18-11-. The van der Waals surface area contributed by atoms with E-state index in [0.29, 0.717) is 16.8 Å². The van der Waals surface area contributed by atoms with Gasteiger partial charge < -0.3 is 4.74 Å². The first-order chi connectivity index (χ1) is 13.0. The Hall–Kier alpha value is -2.31. The number of rotatable bonds is 4. The zero-order valence-corrected chi connectivity index (χ0v) is 17.6. The van der Waals surface area contributed by atoms with Gasteiger partial charge in [-0.15, -0.1) is 11.8 Å². The number of esters is 1. The Morgan fingerprint density at radius 3 is 2.52 bits per heavy atom. The number of thioether (sulfide) groups is 1. The van der Waals surface area contributed by atoms with Crippen LogP contribution in [0.2, 0.25) is 0 Å². The summed E-state index contributed by atoms with van der Waals surface area (Å²) in [6, 6.07) is 15.2. The molecule has 0 saturated carbocycles.